The maximum absolute atomic E-state index is 12.4. The fraction of sp³-hybridized carbons (Fsp3) is 0.250. The van der Waals surface area contributed by atoms with Gasteiger partial charge in [0.2, 0.25) is 0 Å². The topological polar surface area (TPSA) is 90.0 Å². The summed E-state index contributed by atoms with van der Waals surface area (Å²) in [6, 6.07) is 4.88. The number of sulfonamides is 1. The number of hydrogen-bond donors (Lipinski definition) is 2. The van der Waals surface area contributed by atoms with Gasteiger partial charge in [0.15, 0.2) is 0 Å². The summed E-state index contributed by atoms with van der Waals surface area (Å²) in [5.74, 6) is 0.413. The molecule has 2 aromatic rings. The summed E-state index contributed by atoms with van der Waals surface area (Å²) in [6.07, 6.45) is 1.53. The molecule has 0 bridgehead atoms. The van der Waals surface area contributed by atoms with Gasteiger partial charge in [-0.2, -0.15) is 5.10 Å². The van der Waals surface area contributed by atoms with Gasteiger partial charge in [-0.25, -0.2) is 8.42 Å². The largest absolute Gasteiger partial charge is 0.399 e. The van der Waals surface area contributed by atoms with Crippen molar-refractivity contribution < 1.29 is 8.42 Å². The van der Waals surface area contributed by atoms with Crippen molar-refractivity contribution in [3.05, 3.63) is 35.5 Å². The molecule has 1 aromatic heterocycles. The van der Waals surface area contributed by atoms with Crippen LogP contribution in [0.1, 0.15) is 11.1 Å². The molecule has 0 spiro atoms. The molecule has 1 heterocycles. The zero-order valence-electron chi connectivity index (χ0n) is 11.0. The van der Waals surface area contributed by atoms with Crippen LogP contribution in [0.2, 0.25) is 0 Å². The van der Waals surface area contributed by atoms with E-state index in [0.717, 1.165) is 0 Å². The summed E-state index contributed by atoms with van der Waals surface area (Å²) in [7, 11) is -1.98. The number of hydrogen-bond acceptors (Lipinski definition) is 4. The second kappa shape index (κ2) is 4.58. The summed E-state index contributed by atoms with van der Waals surface area (Å²) < 4.78 is 28.8. The van der Waals surface area contributed by atoms with Crippen LogP contribution in [0.25, 0.3) is 0 Å². The van der Waals surface area contributed by atoms with Gasteiger partial charge >= 0.3 is 0 Å². The van der Waals surface area contributed by atoms with E-state index in [1.165, 1.54) is 10.9 Å². The van der Waals surface area contributed by atoms with Gasteiger partial charge in [-0.3, -0.25) is 9.40 Å². The molecule has 2 rings (SSSR count). The van der Waals surface area contributed by atoms with Crippen molar-refractivity contribution in [1.29, 1.82) is 0 Å². The first-order chi connectivity index (χ1) is 8.81. The zero-order valence-corrected chi connectivity index (χ0v) is 11.8. The van der Waals surface area contributed by atoms with Crippen LogP contribution in [-0.2, 0) is 17.1 Å². The summed E-state index contributed by atoms with van der Waals surface area (Å²) in [6.45, 7) is 3.45. The average Bonchev–Trinajstić information content (AvgIpc) is 2.61. The third-order valence-electron chi connectivity index (χ3n) is 2.81. The minimum Gasteiger partial charge on any atom is -0.399 e. The molecule has 0 atom stereocenters. The third-order valence-corrected chi connectivity index (χ3v) is 4.47. The van der Waals surface area contributed by atoms with Crippen LogP contribution in [0.3, 0.4) is 0 Å². The molecular formula is C12H16N4O2S. The van der Waals surface area contributed by atoms with Gasteiger partial charge in [-0.05, 0) is 37.1 Å². The van der Waals surface area contributed by atoms with E-state index in [0.29, 0.717) is 22.6 Å². The van der Waals surface area contributed by atoms with Gasteiger partial charge in [0.05, 0.1) is 11.1 Å². The Balaban J connectivity index is 2.49. The third kappa shape index (κ3) is 2.55. The Morgan fingerprint density at radius 3 is 2.32 bits per heavy atom. The molecule has 0 radical (unpaired) electrons. The summed E-state index contributed by atoms with van der Waals surface area (Å²) in [5.41, 5.74) is 7.49. The first-order valence-electron chi connectivity index (χ1n) is 5.69. The van der Waals surface area contributed by atoms with E-state index in [1.54, 1.807) is 39.1 Å². The van der Waals surface area contributed by atoms with Gasteiger partial charge in [-0.15, -0.1) is 0 Å². The van der Waals surface area contributed by atoms with Gasteiger partial charge < -0.3 is 5.73 Å². The Hall–Kier alpha value is -2.02. The lowest BCUT2D eigenvalue weighted by Gasteiger charge is -2.13. The standard InChI is InChI=1S/C12H16N4O2S/c1-8-6-10(13)7-9(2)12(8)19(17,18)15-11-4-5-14-16(11)3/h4-7,15H,13H2,1-3H3. The smallest absolute Gasteiger partial charge is 0.263 e. The molecule has 0 amide bonds. The highest BCUT2D eigenvalue weighted by atomic mass is 32.2. The van der Waals surface area contributed by atoms with Crippen molar-refractivity contribution in [3.8, 4) is 0 Å². The number of aryl methyl sites for hydroxylation is 3. The van der Waals surface area contributed by atoms with Crippen molar-refractivity contribution in [2.24, 2.45) is 7.05 Å². The van der Waals surface area contributed by atoms with Crippen LogP contribution in [0.15, 0.2) is 29.3 Å². The van der Waals surface area contributed by atoms with E-state index in [1.807, 2.05) is 0 Å². The van der Waals surface area contributed by atoms with Crippen LogP contribution in [-0.4, -0.2) is 18.2 Å². The second-order valence-electron chi connectivity index (χ2n) is 4.43. The predicted octanol–water partition coefficient (Wildman–Crippen LogP) is 1.42. The van der Waals surface area contributed by atoms with Crippen molar-refractivity contribution in [1.82, 2.24) is 9.78 Å². The van der Waals surface area contributed by atoms with Crippen LogP contribution in [0, 0.1) is 13.8 Å². The van der Waals surface area contributed by atoms with E-state index in [2.05, 4.69) is 9.82 Å². The lowest BCUT2D eigenvalue weighted by Crippen LogP contribution is -2.17. The quantitative estimate of drug-likeness (QED) is 0.832. The van der Waals surface area contributed by atoms with E-state index < -0.39 is 10.0 Å². The lowest BCUT2D eigenvalue weighted by molar-refractivity contribution is 0.599. The molecule has 1 aromatic carbocycles. The highest BCUT2D eigenvalue weighted by Gasteiger charge is 2.21. The Morgan fingerprint density at radius 1 is 1.26 bits per heavy atom. The fourth-order valence-corrected chi connectivity index (χ4v) is 3.61. The lowest BCUT2D eigenvalue weighted by atomic mass is 10.1. The van der Waals surface area contributed by atoms with Crippen LogP contribution in [0.4, 0.5) is 11.5 Å². The number of nitrogens with one attached hydrogen (secondary N) is 1. The zero-order chi connectivity index (χ0) is 14.2. The minimum absolute atomic E-state index is 0.253. The molecule has 0 aliphatic heterocycles. The molecule has 102 valence electrons. The fourth-order valence-electron chi connectivity index (χ4n) is 2.07. The maximum atomic E-state index is 12.4. The summed E-state index contributed by atoms with van der Waals surface area (Å²) >= 11 is 0. The Labute approximate surface area is 112 Å². The summed E-state index contributed by atoms with van der Waals surface area (Å²) in [5, 5.41) is 3.92. The van der Waals surface area contributed by atoms with Crippen molar-refractivity contribution in [3.63, 3.8) is 0 Å². The van der Waals surface area contributed by atoms with Crippen molar-refractivity contribution in [2.45, 2.75) is 18.7 Å². The molecule has 19 heavy (non-hydrogen) atoms. The Morgan fingerprint density at radius 2 is 1.84 bits per heavy atom. The number of nitrogens with zero attached hydrogens (tertiary/aromatic N) is 2. The van der Waals surface area contributed by atoms with E-state index in [-0.39, 0.29) is 4.90 Å². The highest BCUT2D eigenvalue weighted by molar-refractivity contribution is 7.92. The first-order valence-corrected chi connectivity index (χ1v) is 7.17. The summed E-state index contributed by atoms with van der Waals surface area (Å²) in [4.78, 5) is 0.253. The van der Waals surface area contributed by atoms with Crippen LogP contribution in [0.5, 0.6) is 0 Å². The molecule has 0 fully saturated rings. The number of benzene rings is 1. The first kappa shape index (κ1) is 13.4. The molecule has 3 N–H and O–H groups in total. The van der Waals surface area contributed by atoms with Crippen LogP contribution < -0.4 is 10.5 Å². The number of nitrogens with two attached hydrogens (primary N) is 1. The Kier molecular flexibility index (Phi) is 3.23. The number of anilines is 2. The van der Waals surface area contributed by atoms with Crippen LogP contribution >= 0.6 is 0 Å². The monoisotopic (exact) mass is 280 g/mol. The predicted molar refractivity (Wildman–Crippen MR) is 74.3 cm³/mol. The highest BCUT2D eigenvalue weighted by Crippen LogP contribution is 2.25. The average molecular weight is 280 g/mol. The van der Waals surface area contributed by atoms with E-state index in [9.17, 15) is 8.42 Å². The van der Waals surface area contributed by atoms with Gasteiger partial charge in [0, 0.05) is 18.8 Å². The van der Waals surface area contributed by atoms with Gasteiger partial charge in [-0.1, -0.05) is 0 Å². The molecule has 7 heteroatoms. The van der Waals surface area contributed by atoms with E-state index in [4.69, 9.17) is 5.73 Å². The molecule has 0 saturated heterocycles. The number of nitrogen functional groups attached to an aromatic ring is 1. The Bertz CT molecular complexity index is 696. The molecule has 0 aliphatic carbocycles. The second-order valence-corrected chi connectivity index (χ2v) is 6.05. The molecule has 6 nitrogen and oxygen atoms in total. The molecular weight excluding hydrogens is 264 g/mol. The maximum Gasteiger partial charge on any atom is 0.263 e. The van der Waals surface area contributed by atoms with Gasteiger partial charge in [0.1, 0.15) is 5.82 Å². The molecule has 0 saturated carbocycles. The molecule has 0 aliphatic rings. The van der Waals surface area contributed by atoms with Crippen molar-refractivity contribution in [2.75, 3.05) is 10.5 Å². The normalized spacial score (nSPS) is 11.5. The number of rotatable bonds is 3. The van der Waals surface area contributed by atoms with Gasteiger partial charge in [0.25, 0.3) is 10.0 Å². The number of aromatic nitrogens is 2. The van der Waals surface area contributed by atoms with E-state index >= 15 is 0 Å². The minimum atomic E-state index is -3.65. The molecule has 0 unspecified atom stereocenters. The SMILES string of the molecule is Cc1cc(N)cc(C)c1S(=O)(=O)Nc1ccnn1C. The van der Waals surface area contributed by atoms with Crippen molar-refractivity contribution >= 4 is 21.5 Å².